The van der Waals surface area contributed by atoms with Crippen LogP contribution in [0.5, 0.6) is 0 Å². The van der Waals surface area contributed by atoms with Crippen LogP contribution in [0.2, 0.25) is 0 Å². The highest BCUT2D eigenvalue weighted by Gasteiger charge is 2.14. The molecule has 4 rings (SSSR count). The van der Waals surface area contributed by atoms with Crippen molar-refractivity contribution in [2.24, 2.45) is 0 Å². The molecule has 27 heavy (non-hydrogen) atoms. The highest BCUT2D eigenvalue weighted by molar-refractivity contribution is 7.17. The molecule has 0 aliphatic carbocycles. The molecule has 0 amide bonds. The summed E-state index contributed by atoms with van der Waals surface area (Å²) in [6.07, 6.45) is 2.30. The molecule has 0 radical (unpaired) electrons. The van der Waals surface area contributed by atoms with Gasteiger partial charge in [0.05, 0.1) is 18.1 Å². The zero-order valence-corrected chi connectivity index (χ0v) is 16.6. The van der Waals surface area contributed by atoms with Gasteiger partial charge in [0.1, 0.15) is 16.5 Å². The van der Waals surface area contributed by atoms with E-state index in [0.29, 0.717) is 12.7 Å². The molecule has 3 heterocycles. The molecular weight excluding hydrogens is 358 g/mol. The summed E-state index contributed by atoms with van der Waals surface area (Å²) in [4.78, 5) is 10.2. The highest BCUT2D eigenvalue weighted by Crippen LogP contribution is 2.29. The lowest BCUT2D eigenvalue weighted by atomic mass is 10.1. The molecule has 3 aromatic rings. The van der Waals surface area contributed by atoms with Crippen LogP contribution in [-0.2, 0) is 22.6 Å². The maximum absolute atomic E-state index is 6.05. The summed E-state index contributed by atoms with van der Waals surface area (Å²) < 4.78 is 11.4. The Morgan fingerprint density at radius 2 is 2.00 bits per heavy atom. The Morgan fingerprint density at radius 1 is 1.19 bits per heavy atom. The number of hydrogen-bond acceptors (Lipinski definition) is 6. The fraction of sp³-hybridized carbons (Fsp3) is 0.429. The Labute approximate surface area is 163 Å². The van der Waals surface area contributed by atoms with Gasteiger partial charge in [0.25, 0.3) is 0 Å². The van der Waals surface area contributed by atoms with Gasteiger partial charge >= 0.3 is 0 Å². The van der Waals surface area contributed by atoms with E-state index in [2.05, 4.69) is 51.9 Å². The van der Waals surface area contributed by atoms with Gasteiger partial charge in [0.2, 0.25) is 0 Å². The minimum atomic E-state index is 0.319. The monoisotopic (exact) mass is 383 g/mol. The van der Waals surface area contributed by atoms with Crippen molar-refractivity contribution in [3.63, 3.8) is 0 Å². The molecule has 2 aromatic heterocycles. The third-order valence-electron chi connectivity index (χ3n) is 4.83. The van der Waals surface area contributed by atoms with Gasteiger partial charge in [-0.05, 0) is 48.8 Å². The highest BCUT2D eigenvalue weighted by atomic mass is 32.1. The molecule has 1 fully saturated rings. The molecular formula is C21H25N3O2S. The summed E-state index contributed by atoms with van der Waals surface area (Å²) in [5, 5.41) is 6.77. The van der Waals surface area contributed by atoms with Crippen LogP contribution >= 0.6 is 11.3 Å². The van der Waals surface area contributed by atoms with E-state index in [1.807, 2.05) is 6.92 Å². The van der Waals surface area contributed by atoms with Crippen LogP contribution in [0.25, 0.3) is 10.2 Å². The van der Waals surface area contributed by atoms with Crippen molar-refractivity contribution < 1.29 is 9.47 Å². The topological polar surface area (TPSA) is 56.3 Å². The van der Waals surface area contributed by atoms with Crippen molar-refractivity contribution in [2.45, 2.75) is 45.9 Å². The lowest BCUT2D eigenvalue weighted by Gasteiger charge is -2.22. The molecule has 142 valence electrons. The van der Waals surface area contributed by atoms with Crippen LogP contribution in [-0.4, -0.2) is 29.3 Å². The van der Waals surface area contributed by atoms with Gasteiger partial charge < -0.3 is 14.8 Å². The van der Waals surface area contributed by atoms with E-state index in [-0.39, 0.29) is 0 Å². The first-order valence-electron chi connectivity index (χ1n) is 9.42. The van der Waals surface area contributed by atoms with Crippen molar-refractivity contribution in [2.75, 3.05) is 18.5 Å². The van der Waals surface area contributed by atoms with E-state index < -0.39 is 0 Å². The van der Waals surface area contributed by atoms with Gasteiger partial charge in [-0.1, -0.05) is 24.3 Å². The van der Waals surface area contributed by atoms with E-state index in [0.717, 1.165) is 54.5 Å². The maximum atomic E-state index is 6.05. The molecule has 0 unspecified atom stereocenters. The first-order chi connectivity index (χ1) is 13.2. The summed E-state index contributed by atoms with van der Waals surface area (Å²) in [5.41, 5.74) is 3.65. The largest absolute Gasteiger partial charge is 0.381 e. The number of benzene rings is 1. The van der Waals surface area contributed by atoms with Crippen molar-refractivity contribution in [3.05, 3.63) is 52.2 Å². The summed E-state index contributed by atoms with van der Waals surface area (Å²) in [6, 6.07) is 8.56. The predicted molar refractivity (Wildman–Crippen MR) is 109 cm³/mol. The summed E-state index contributed by atoms with van der Waals surface area (Å²) in [7, 11) is 0. The fourth-order valence-corrected chi connectivity index (χ4v) is 4.36. The number of hydrogen-bond donors (Lipinski definition) is 1. The standard InChI is InChI=1S/C21H25N3O2S/c1-14-13-27-21-19(14)20(23-15(2)24-21)22-11-16-4-3-5-17(10-16)12-26-18-6-8-25-9-7-18/h3-5,10,13,18H,6-9,11-12H2,1-2H3,(H,22,23,24). The Morgan fingerprint density at radius 3 is 2.85 bits per heavy atom. The first kappa shape index (κ1) is 18.3. The second kappa shape index (κ2) is 8.33. The first-order valence-corrected chi connectivity index (χ1v) is 10.3. The van der Waals surface area contributed by atoms with Crippen LogP contribution < -0.4 is 5.32 Å². The molecule has 0 spiro atoms. The van der Waals surface area contributed by atoms with Gasteiger partial charge in [0, 0.05) is 19.8 Å². The van der Waals surface area contributed by atoms with Crippen LogP contribution in [0.1, 0.15) is 35.4 Å². The van der Waals surface area contributed by atoms with E-state index in [1.54, 1.807) is 11.3 Å². The third kappa shape index (κ3) is 4.46. The number of anilines is 1. The summed E-state index contributed by atoms with van der Waals surface area (Å²) in [6.45, 7) is 7.04. The van der Waals surface area contributed by atoms with Crippen molar-refractivity contribution >= 4 is 27.4 Å². The molecule has 1 aromatic carbocycles. The van der Waals surface area contributed by atoms with Crippen LogP contribution in [0.3, 0.4) is 0 Å². The molecule has 1 aliphatic rings. The Balaban J connectivity index is 1.42. The zero-order valence-electron chi connectivity index (χ0n) is 15.8. The van der Waals surface area contributed by atoms with Gasteiger partial charge in [-0.2, -0.15) is 0 Å². The second-order valence-electron chi connectivity index (χ2n) is 7.01. The molecule has 0 bridgehead atoms. The second-order valence-corrected chi connectivity index (χ2v) is 7.87. The van der Waals surface area contributed by atoms with Crippen molar-refractivity contribution in [3.8, 4) is 0 Å². The number of aromatic nitrogens is 2. The zero-order chi connectivity index (χ0) is 18.6. The molecule has 1 N–H and O–H groups in total. The minimum absolute atomic E-state index is 0.319. The maximum Gasteiger partial charge on any atom is 0.139 e. The molecule has 6 heteroatoms. The van der Waals surface area contributed by atoms with Crippen molar-refractivity contribution in [1.82, 2.24) is 9.97 Å². The molecule has 1 saturated heterocycles. The van der Waals surface area contributed by atoms with Gasteiger partial charge in [-0.3, -0.25) is 0 Å². The van der Waals surface area contributed by atoms with E-state index in [1.165, 1.54) is 16.7 Å². The molecule has 0 saturated carbocycles. The normalized spacial score (nSPS) is 15.3. The Bertz CT molecular complexity index is 919. The third-order valence-corrected chi connectivity index (χ3v) is 5.82. The number of fused-ring (bicyclic) bond motifs is 1. The van der Waals surface area contributed by atoms with Gasteiger partial charge in [-0.25, -0.2) is 9.97 Å². The lowest BCUT2D eigenvalue weighted by Crippen LogP contribution is -2.23. The predicted octanol–water partition coefficient (Wildman–Crippen LogP) is 4.62. The van der Waals surface area contributed by atoms with Crippen LogP contribution in [0, 0.1) is 13.8 Å². The molecule has 0 atom stereocenters. The average molecular weight is 384 g/mol. The fourth-order valence-electron chi connectivity index (χ4n) is 3.39. The number of ether oxygens (including phenoxy) is 2. The quantitative estimate of drug-likeness (QED) is 0.673. The molecule has 1 aliphatic heterocycles. The molecule has 5 nitrogen and oxygen atoms in total. The van der Waals surface area contributed by atoms with Gasteiger partial charge in [-0.15, -0.1) is 11.3 Å². The van der Waals surface area contributed by atoms with Gasteiger partial charge in [0.15, 0.2) is 0 Å². The SMILES string of the molecule is Cc1nc(NCc2cccc(COC3CCOCC3)c2)c2c(C)csc2n1. The minimum Gasteiger partial charge on any atom is -0.381 e. The van der Waals surface area contributed by atoms with E-state index in [9.17, 15) is 0 Å². The summed E-state index contributed by atoms with van der Waals surface area (Å²) in [5.74, 6) is 1.71. The number of thiophene rings is 1. The van der Waals surface area contributed by atoms with Crippen LogP contribution in [0.15, 0.2) is 29.6 Å². The number of aryl methyl sites for hydroxylation is 2. The van der Waals surface area contributed by atoms with E-state index in [4.69, 9.17) is 9.47 Å². The smallest absolute Gasteiger partial charge is 0.139 e. The van der Waals surface area contributed by atoms with Crippen molar-refractivity contribution in [1.29, 1.82) is 0 Å². The Kier molecular flexibility index (Phi) is 5.66. The lowest BCUT2D eigenvalue weighted by molar-refractivity contribution is -0.0390. The van der Waals surface area contributed by atoms with E-state index >= 15 is 0 Å². The number of nitrogens with zero attached hydrogens (tertiary/aromatic N) is 2. The summed E-state index contributed by atoms with van der Waals surface area (Å²) >= 11 is 1.67. The Hall–Kier alpha value is -2.02. The number of nitrogens with one attached hydrogen (secondary N) is 1. The van der Waals surface area contributed by atoms with Crippen LogP contribution in [0.4, 0.5) is 5.82 Å². The number of rotatable bonds is 6. The average Bonchev–Trinajstić information content (AvgIpc) is 3.06.